The van der Waals surface area contributed by atoms with Gasteiger partial charge in [0.1, 0.15) is 6.04 Å². The number of nitrogens with one attached hydrogen (secondary N) is 2. The first-order valence-corrected chi connectivity index (χ1v) is 9.72. The zero-order valence-electron chi connectivity index (χ0n) is 16.2. The number of nitrogens with zero attached hydrogens (tertiary/aromatic N) is 1. The van der Waals surface area contributed by atoms with Gasteiger partial charge < -0.3 is 10.3 Å². The molecule has 150 valence electrons. The number of aromatic nitrogens is 2. The van der Waals surface area contributed by atoms with E-state index in [4.69, 9.17) is 0 Å². The van der Waals surface area contributed by atoms with E-state index in [0.29, 0.717) is 17.4 Å². The van der Waals surface area contributed by atoms with E-state index in [1.807, 2.05) is 60.7 Å². The van der Waals surface area contributed by atoms with E-state index in [1.165, 1.54) is 0 Å². The molecule has 0 saturated carbocycles. The van der Waals surface area contributed by atoms with Crippen molar-refractivity contribution in [3.63, 3.8) is 0 Å². The van der Waals surface area contributed by atoms with Crippen molar-refractivity contribution in [3.8, 4) is 0 Å². The molecule has 0 bridgehead atoms. The van der Waals surface area contributed by atoms with Crippen molar-refractivity contribution in [2.75, 3.05) is 0 Å². The quantitative estimate of drug-likeness (QED) is 0.523. The Bertz CT molecular complexity index is 1280. The molecule has 1 amide bonds. The summed E-state index contributed by atoms with van der Waals surface area (Å²) in [5, 5.41) is 3.24. The molecule has 0 spiro atoms. The number of amides is 1. The van der Waals surface area contributed by atoms with Gasteiger partial charge in [0.2, 0.25) is 5.91 Å². The number of aromatic amines is 1. The number of hydrogen-bond acceptors (Lipinski definition) is 3. The fraction of sp³-hybridized carbons (Fsp3) is 0.125. The van der Waals surface area contributed by atoms with Crippen molar-refractivity contribution in [1.29, 1.82) is 0 Å². The summed E-state index contributed by atoms with van der Waals surface area (Å²) in [5.41, 5.74) is 1.16. The maximum Gasteiger partial charge on any atom is 0.329 e. The van der Waals surface area contributed by atoms with Crippen LogP contribution in [0.1, 0.15) is 17.2 Å². The first-order chi connectivity index (χ1) is 14.6. The lowest BCUT2D eigenvalue weighted by Gasteiger charge is -2.19. The van der Waals surface area contributed by atoms with Crippen LogP contribution in [0.3, 0.4) is 0 Å². The average Bonchev–Trinajstić information content (AvgIpc) is 2.78. The van der Waals surface area contributed by atoms with E-state index in [0.717, 1.165) is 15.7 Å². The van der Waals surface area contributed by atoms with Crippen LogP contribution in [0.4, 0.5) is 0 Å². The van der Waals surface area contributed by atoms with Crippen molar-refractivity contribution in [1.82, 2.24) is 14.9 Å². The van der Waals surface area contributed by atoms with Gasteiger partial charge in [0.05, 0.1) is 10.9 Å². The van der Waals surface area contributed by atoms with E-state index < -0.39 is 17.3 Å². The molecule has 0 fully saturated rings. The first-order valence-electron chi connectivity index (χ1n) is 9.72. The number of hydrogen-bond donors (Lipinski definition) is 2. The largest absolute Gasteiger partial charge is 0.350 e. The second-order valence-corrected chi connectivity index (χ2v) is 7.06. The maximum absolute atomic E-state index is 13.1. The fourth-order valence-corrected chi connectivity index (χ4v) is 3.50. The van der Waals surface area contributed by atoms with Crippen LogP contribution in [0.15, 0.2) is 94.5 Å². The summed E-state index contributed by atoms with van der Waals surface area (Å²) in [6, 6.07) is 24.7. The van der Waals surface area contributed by atoms with Gasteiger partial charge >= 0.3 is 5.69 Å². The molecule has 4 aromatic rings. The molecule has 0 aliphatic carbocycles. The number of rotatable bonds is 6. The molecule has 6 heteroatoms. The van der Waals surface area contributed by atoms with Crippen LogP contribution in [0.5, 0.6) is 0 Å². The number of fused-ring (bicyclic) bond motifs is 1. The molecule has 6 nitrogen and oxygen atoms in total. The molecule has 1 heterocycles. The summed E-state index contributed by atoms with van der Waals surface area (Å²) in [5.74, 6) is -0.384. The Hall–Kier alpha value is -3.93. The Morgan fingerprint density at radius 2 is 1.43 bits per heavy atom. The molecule has 1 unspecified atom stereocenters. The molecule has 0 radical (unpaired) electrons. The van der Waals surface area contributed by atoms with E-state index in [1.54, 1.807) is 24.3 Å². The Morgan fingerprint density at radius 3 is 2.13 bits per heavy atom. The minimum atomic E-state index is -0.975. The summed E-state index contributed by atoms with van der Waals surface area (Å²) in [4.78, 5) is 41.8. The van der Waals surface area contributed by atoms with Gasteiger partial charge in [-0.15, -0.1) is 0 Å². The zero-order chi connectivity index (χ0) is 20.9. The summed E-state index contributed by atoms with van der Waals surface area (Å²) in [6.45, 7) is 0.311. The molecule has 2 N–H and O–H groups in total. The topological polar surface area (TPSA) is 84.0 Å². The van der Waals surface area contributed by atoms with Gasteiger partial charge in [-0.3, -0.25) is 9.59 Å². The third-order valence-corrected chi connectivity index (χ3v) is 5.03. The Kier molecular flexibility index (Phi) is 5.57. The molecule has 1 atom stereocenters. The highest BCUT2D eigenvalue weighted by Gasteiger charge is 2.25. The number of para-hydroxylation sites is 1. The van der Waals surface area contributed by atoms with Crippen LogP contribution in [-0.2, 0) is 17.8 Å². The van der Waals surface area contributed by atoms with Crippen molar-refractivity contribution in [3.05, 3.63) is 117 Å². The third-order valence-electron chi connectivity index (χ3n) is 5.03. The Balaban J connectivity index is 1.74. The summed E-state index contributed by atoms with van der Waals surface area (Å²) in [6.07, 6.45) is 0.225. The van der Waals surface area contributed by atoms with Gasteiger partial charge in [-0.2, -0.15) is 0 Å². The molecule has 0 aliphatic rings. The van der Waals surface area contributed by atoms with Gasteiger partial charge in [-0.05, 0) is 23.3 Å². The van der Waals surface area contributed by atoms with Crippen LogP contribution in [0.2, 0.25) is 0 Å². The Morgan fingerprint density at radius 1 is 0.833 bits per heavy atom. The molecular weight excluding hydrogens is 378 g/mol. The van der Waals surface area contributed by atoms with Crippen LogP contribution in [-0.4, -0.2) is 15.5 Å². The van der Waals surface area contributed by atoms with Crippen LogP contribution in [0.25, 0.3) is 10.9 Å². The number of carbonyl (C=O) groups is 1. The SMILES string of the molecule is O=C(NCc1ccccc1)C(Cc1ccccc1)n1c(=O)[nH]c2ccccc2c1=O. The highest BCUT2D eigenvalue weighted by molar-refractivity contribution is 5.82. The minimum Gasteiger partial charge on any atom is -0.350 e. The van der Waals surface area contributed by atoms with E-state index in [2.05, 4.69) is 10.3 Å². The van der Waals surface area contributed by atoms with Gasteiger partial charge in [-0.1, -0.05) is 72.8 Å². The van der Waals surface area contributed by atoms with Crippen LogP contribution >= 0.6 is 0 Å². The lowest BCUT2D eigenvalue weighted by Crippen LogP contribution is -2.45. The molecule has 0 aliphatic heterocycles. The van der Waals surface area contributed by atoms with Crippen LogP contribution < -0.4 is 16.6 Å². The van der Waals surface area contributed by atoms with Crippen molar-refractivity contribution >= 4 is 16.8 Å². The second kappa shape index (κ2) is 8.61. The number of H-pyrrole nitrogens is 1. The fourth-order valence-electron chi connectivity index (χ4n) is 3.50. The maximum atomic E-state index is 13.1. The van der Waals surface area contributed by atoms with Gasteiger partial charge in [0.15, 0.2) is 0 Å². The summed E-state index contributed by atoms with van der Waals surface area (Å²) in [7, 11) is 0. The smallest absolute Gasteiger partial charge is 0.329 e. The first kappa shape index (κ1) is 19.4. The van der Waals surface area contributed by atoms with Gasteiger partial charge in [0.25, 0.3) is 5.56 Å². The van der Waals surface area contributed by atoms with Crippen LogP contribution in [0, 0.1) is 0 Å². The Labute approximate surface area is 172 Å². The zero-order valence-corrected chi connectivity index (χ0v) is 16.2. The third kappa shape index (κ3) is 4.07. The van der Waals surface area contributed by atoms with Gasteiger partial charge in [-0.25, -0.2) is 9.36 Å². The molecule has 30 heavy (non-hydrogen) atoms. The number of carbonyl (C=O) groups excluding carboxylic acids is 1. The standard InChI is InChI=1S/C24H21N3O3/c28-22(25-16-18-11-5-2-6-12-18)21(15-17-9-3-1-4-10-17)27-23(29)19-13-7-8-14-20(19)26-24(27)30/h1-14,21H,15-16H2,(H,25,28)(H,26,30). The minimum absolute atomic E-state index is 0.225. The normalized spacial score (nSPS) is 11.9. The summed E-state index contributed by atoms with van der Waals surface area (Å²) < 4.78 is 1.02. The average molecular weight is 399 g/mol. The van der Waals surface area contributed by atoms with Crippen molar-refractivity contribution in [2.24, 2.45) is 0 Å². The van der Waals surface area contributed by atoms with Crippen molar-refractivity contribution in [2.45, 2.75) is 19.0 Å². The molecule has 1 aromatic heterocycles. The molecular formula is C24H21N3O3. The second-order valence-electron chi connectivity index (χ2n) is 7.06. The lowest BCUT2D eigenvalue weighted by molar-refractivity contribution is -0.124. The van der Waals surface area contributed by atoms with Gasteiger partial charge in [0, 0.05) is 13.0 Å². The predicted molar refractivity (Wildman–Crippen MR) is 116 cm³/mol. The van der Waals surface area contributed by atoms with E-state index in [9.17, 15) is 14.4 Å². The molecule has 0 saturated heterocycles. The monoisotopic (exact) mass is 399 g/mol. The number of benzene rings is 3. The molecule has 4 rings (SSSR count). The highest BCUT2D eigenvalue weighted by atomic mass is 16.2. The lowest BCUT2D eigenvalue weighted by atomic mass is 10.0. The molecule has 3 aromatic carbocycles. The highest BCUT2D eigenvalue weighted by Crippen LogP contribution is 2.14. The van der Waals surface area contributed by atoms with Crippen molar-refractivity contribution < 1.29 is 4.79 Å². The van der Waals surface area contributed by atoms with E-state index >= 15 is 0 Å². The predicted octanol–water partition coefficient (Wildman–Crippen LogP) is 2.79. The summed E-state index contributed by atoms with van der Waals surface area (Å²) >= 11 is 0. The van der Waals surface area contributed by atoms with E-state index in [-0.39, 0.29) is 12.3 Å².